The molecule has 0 saturated carbocycles. The molecule has 0 radical (unpaired) electrons. The number of hydrogen-bond acceptors (Lipinski definition) is 5. The molecule has 6 nitrogen and oxygen atoms in total. The third-order valence-electron chi connectivity index (χ3n) is 2.78. The van der Waals surface area contributed by atoms with Crippen molar-refractivity contribution in [1.82, 2.24) is 19.6 Å². The van der Waals surface area contributed by atoms with Gasteiger partial charge >= 0.3 is 0 Å². The van der Waals surface area contributed by atoms with Gasteiger partial charge in [-0.15, -0.1) is 0 Å². The molecule has 0 aliphatic carbocycles. The molecule has 3 aromatic rings. The molecule has 0 saturated heterocycles. The first-order chi connectivity index (χ1) is 9.29. The van der Waals surface area contributed by atoms with Gasteiger partial charge in [-0.2, -0.15) is 5.10 Å². The van der Waals surface area contributed by atoms with Crippen molar-refractivity contribution in [2.45, 2.75) is 0 Å². The Labute approximate surface area is 108 Å². The summed E-state index contributed by atoms with van der Waals surface area (Å²) in [6.45, 7) is 0. The highest BCUT2D eigenvalue weighted by atomic mass is 16.5. The number of pyridine rings is 1. The zero-order valence-corrected chi connectivity index (χ0v) is 10.1. The van der Waals surface area contributed by atoms with E-state index >= 15 is 0 Å². The van der Waals surface area contributed by atoms with E-state index in [1.807, 2.05) is 0 Å². The number of carbonyl (C=O) groups excluding carboxylic acids is 1. The molecule has 3 heterocycles. The number of rotatable bonds is 3. The lowest BCUT2D eigenvalue weighted by molar-refractivity contribution is 0.103. The molecule has 0 aliphatic heterocycles. The van der Waals surface area contributed by atoms with E-state index in [0.717, 1.165) is 0 Å². The molecule has 0 spiro atoms. The van der Waals surface area contributed by atoms with E-state index in [-0.39, 0.29) is 5.78 Å². The molecule has 0 N–H and O–H groups in total. The number of ketones is 1. The van der Waals surface area contributed by atoms with E-state index in [9.17, 15) is 4.79 Å². The average Bonchev–Trinajstić information content (AvgIpc) is 2.90. The van der Waals surface area contributed by atoms with Gasteiger partial charge in [0.25, 0.3) is 0 Å². The van der Waals surface area contributed by atoms with Gasteiger partial charge in [0.15, 0.2) is 5.78 Å². The maximum Gasteiger partial charge on any atom is 0.198 e. The Bertz CT molecular complexity index is 751. The Kier molecular flexibility index (Phi) is 2.68. The second kappa shape index (κ2) is 4.49. The molecule has 0 unspecified atom stereocenters. The van der Waals surface area contributed by atoms with Crippen LogP contribution in [-0.4, -0.2) is 32.5 Å². The van der Waals surface area contributed by atoms with Crippen LogP contribution in [0, 0.1) is 0 Å². The van der Waals surface area contributed by atoms with E-state index in [1.54, 1.807) is 35.4 Å². The third-order valence-corrected chi connectivity index (χ3v) is 2.78. The second-order valence-electron chi connectivity index (χ2n) is 3.91. The van der Waals surface area contributed by atoms with Crippen LogP contribution >= 0.6 is 0 Å². The van der Waals surface area contributed by atoms with Crippen molar-refractivity contribution in [3.8, 4) is 5.75 Å². The topological polar surface area (TPSA) is 69.4 Å². The van der Waals surface area contributed by atoms with Crippen molar-refractivity contribution >= 4 is 11.3 Å². The normalized spacial score (nSPS) is 10.6. The Morgan fingerprint density at radius 1 is 1.21 bits per heavy atom. The molecular formula is C13H10N4O2. The Balaban J connectivity index is 2.08. The predicted octanol–water partition coefficient (Wildman–Crippen LogP) is 1.36. The van der Waals surface area contributed by atoms with Gasteiger partial charge in [0.05, 0.1) is 36.8 Å². The monoisotopic (exact) mass is 254 g/mol. The average molecular weight is 254 g/mol. The molecule has 3 aromatic heterocycles. The van der Waals surface area contributed by atoms with Crippen LogP contribution in [0.4, 0.5) is 0 Å². The molecular weight excluding hydrogens is 244 g/mol. The maximum absolute atomic E-state index is 12.4. The van der Waals surface area contributed by atoms with E-state index in [0.29, 0.717) is 22.4 Å². The van der Waals surface area contributed by atoms with Gasteiger partial charge < -0.3 is 4.74 Å². The number of nitrogens with zero attached hydrogens (tertiary/aromatic N) is 4. The summed E-state index contributed by atoms with van der Waals surface area (Å²) in [6.07, 6.45) is 9.49. The standard InChI is InChI=1S/C13H10N4O2/c1-19-10-4-9(5-15-6-10)13(18)11-7-16-17-3-2-14-8-12(11)17/h2-8H,1H3. The van der Waals surface area contributed by atoms with E-state index in [4.69, 9.17) is 4.74 Å². The Hall–Kier alpha value is -2.76. The third kappa shape index (κ3) is 1.93. The van der Waals surface area contributed by atoms with E-state index < -0.39 is 0 Å². The first-order valence-corrected chi connectivity index (χ1v) is 5.60. The van der Waals surface area contributed by atoms with Gasteiger partial charge in [0, 0.05) is 24.2 Å². The fourth-order valence-corrected chi connectivity index (χ4v) is 1.82. The molecule has 0 aliphatic rings. The molecule has 94 valence electrons. The van der Waals surface area contributed by atoms with Crippen LogP contribution in [-0.2, 0) is 0 Å². The summed E-state index contributed by atoms with van der Waals surface area (Å²) in [7, 11) is 1.53. The highest BCUT2D eigenvalue weighted by Crippen LogP contribution is 2.17. The summed E-state index contributed by atoms with van der Waals surface area (Å²) in [5.74, 6) is 0.384. The van der Waals surface area contributed by atoms with E-state index in [2.05, 4.69) is 15.1 Å². The number of methoxy groups -OCH3 is 1. The fourth-order valence-electron chi connectivity index (χ4n) is 1.82. The van der Waals surface area contributed by atoms with Crippen molar-refractivity contribution in [2.24, 2.45) is 0 Å². The zero-order valence-electron chi connectivity index (χ0n) is 10.1. The molecule has 0 bridgehead atoms. The zero-order chi connectivity index (χ0) is 13.2. The first-order valence-electron chi connectivity index (χ1n) is 5.60. The van der Waals surface area contributed by atoms with Gasteiger partial charge in [-0.1, -0.05) is 0 Å². The smallest absolute Gasteiger partial charge is 0.198 e. The molecule has 19 heavy (non-hydrogen) atoms. The van der Waals surface area contributed by atoms with Crippen molar-refractivity contribution < 1.29 is 9.53 Å². The minimum atomic E-state index is -0.158. The summed E-state index contributed by atoms with van der Waals surface area (Å²) in [6, 6.07) is 1.65. The van der Waals surface area contributed by atoms with Crippen molar-refractivity contribution in [3.63, 3.8) is 0 Å². The minimum absolute atomic E-state index is 0.158. The Morgan fingerprint density at radius 2 is 2.11 bits per heavy atom. The molecule has 0 fully saturated rings. The lowest BCUT2D eigenvalue weighted by atomic mass is 10.1. The summed E-state index contributed by atoms with van der Waals surface area (Å²) in [5, 5.41) is 4.11. The van der Waals surface area contributed by atoms with E-state index in [1.165, 1.54) is 19.5 Å². The van der Waals surface area contributed by atoms with Crippen LogP contribution < -0.4 is 4.74 Å². The van der Waals surface area contributed by atoms with Crippen LogP contribution in [0.2, 0.25) is 0 Å². The van der Waals surface area contributed by atoms with Gasteiger partial charge in [-0.3, -0.25) is 14.8 Å². The fraction of sp³-hybridized carbons (Fsp3) is 0.0769. The predicted molar refractivity (Wildman–Crippen MR) is 67.2 cm³/mol. The second-order valence-corrected chi connectivity index (χ2v) is 3.91. The highest BCUT2D eigenvalue weighted by molar-refractivity contribution is 6.12. The van der Waals surface area contributed by atoms with Crippen molar-refractivity contribution in [3.05, 3.63) is 54.4 Å². The molecule has 3 rings (SSSR count). The van der Waals surface area contributed by atoms with Gasteiger partial charge in [0.1, 0.15) is 5.75 Å². The van der Waals surface area contributed by atoms with Crippen molar-refractivity contribution in [1.29, 1.82) is 0 Å². The summed E-state index contributed by atoms with van der Waals surface area (Å²) < 4.78 is 6.67. The SMILES string of the molecule is COc1cncc(C(=O)c2cnn3ccncc23)c1. The molecule has 0 aromatic carbocycles. The Morgan fingerprint density at radius 3 is 2.95 bits per heavy atom. The summed E-state index contributed by atoms with van der Waals surface area (Å²) in [5.41, 5.74) is 1.61. The quantitative estimate of drug-likeness (QED) is 0.660. The summed E-state index contributed by atoms with van der Waals surface area (Å²) in [4.78, 5) is 20.4. The van der Waals surface area contributed by atoms with Crippen LogP contribution in [0.1, 0.15) is 15.9 Å². The van der Waals surface area contributed by atoms with Gasteiger partial charge in [0.2, 0.25) is 0 Å². The minimum Gasteiger partial charge on any atom is -0.495 e. The molecule has 0 amide bonds. The van der Waals surface area contributed by atoms with Crippen LogP contribution in [0.25, 0.3) is 5.52 Å². The number of ether oxygens (including phenoxy) is 1. The summed E-state index contributed by atoms with van der Waals surface area (Å²) >= 11 is 0. The number of hydrogen-bond donors (Lipinski definition) is 0. The number of fused-ring (bicyclic) bond motifs is 1. The molecule has 6 heteroatoms. The van der Waals surface area contributed by atoms with Gasteiger partial charge in [-0.25, -0.2) is 4.52 Å². The van der Waals surface area contributed by atoms with Gasteiger partial charge in [-0.05, 0) is 6.07 Å². The van der Waals surface area contributed by atoms with Crippen LogP contribution in [0.3, 0.4) is 0 Å². The van der Waals surface area contributed by atoms with Crippen LogP contribution in [0.5, 0.6) is 5.75 Å². The van der Waals surface area contributed by atoms with Crippen molar-refractivity contribution in [2.75, 3.05) is 7.11 Å². The number of carbonyl (C=O) groups is 1. The lowest BCUT2D eigenvalue weighted by Crippen LogP contribution is -2.02. The number of aromatic nitrogens is 4. The lowest BCUT2D eigenvalue weighted by Gasteiger charge is -2.02. The largest absolute Gasteiger partial charge is 0.495 e. The maximum atomic E-state index is 12.4. The molecule has 0 atom stereocenters. The highest BCUT2D eigenvalue weighted by Gasteiger charge is 2.15. The van der Waals surface area contributed by atoms with Crippen LogP contribution in [0.15, 0.2) is 43.2 Å². The first kappa shape index (κ1) is 11.3.